The van der Waals surface area contributed by atoms with Crippen molar-refractivity contribution in [3.8, 4) is 23.6 Å². The van der Waals surface area contributed by atoms with Crippen molar-refractivity contribution in [2.75, 3.05) is 20.3 Å². The fourth-order valence-electron chi connectivity index (χ4n) is 3.56. The molecule has 1 amide bonds. The number of nitriles is 2. The van der Waals surface area contributed by atoms with Crippen LogP contribution in [0.3, 0.4) is 0 Å². The van der Waals surface area contributed by atoms with Crippen molar-refractivity contribution in [3.05, 3.63) is 23.8 Å². The van der Waals surface area contributed by atoms with Crippen LogP contribution < -0.4 is 14.8 Å². The first-order chi connectivity index (χ1) is 12.7. The summed E-state index contributed by atoms with van der Waals surface area (Å²) >= 11 is 0. The van der Waals surface area contributed by atoms with Crippen LogP contribution in [0.5, 0.6) is 11.5 Å². The molecule has 0 aliphatic carbocycles. The number of hydrogen-bond acceptors (Lipinski definition) is 6. The Kier molecular flexibility index (Phi) is 5.60. The minimum absolute atomic E-state index is 0.0208. The van der Waals surface area contributed by atoms with Crippen LogP contribution in [0, 0.1) is 22.7 Å². The lowest BCUT2D eigenvalue weighted by Gasteiger charge is -2.24. The Morgan fingerprint density at radius 1 is 1.31 bits per heavy atom. The molecule has 3 rings (SSSR count). The minimum Gasteiger partial charge on any atom is -0.493 e. The van der Waals surface area contributed by atoms with Crippen molar-refractivity contribution >= 4 is 5.91 Å². The van der Waals surface area contributed by atoms with Crippen LogP contribution in [0.1, 0.15) is 31.2 Å². The number of rotatable bonds is 5. The van der Waals surface area contributed by atoms with Crippen LogP contribution in [-0.4, -0.2) is 49.2 Å². The highest BCUT2D eigenvalue weighted by atomic mass is 16.5. The molecule has 3 atom stereocenters. The first kappa shape index (κ1) is 18.0. The van der Waals surface area contributed by atoms with Gasteiger partial charge in [0.25, 0.3) is 0 Å². The topological polar surface area (TPSA) is 98.4 Å². The van der Waals surface area contributed by atoms with Crippen LogP contribution in [-0.2, 0) is 4.79 Å². The third kappa shape index (κ3) is 3.74. The predicted molar refractivity (Wildman–Crippen MR) is 93.5 cm³/mol. The molecule has 0 bridgehead atoms. The Balaban J connectivity index is 1.55. The molecular formula is C19H22N4O3. The van der Waals surface area contributed by atoms with E-state index in [1.54, 1.807) is 23.1 Å². The van der Waals surface area contributed by atoms with Gasteiger partial charge >= 0.3 is 0 Å². The van der Waals surface area contributed by atoms with Crippen LogP contribution in [0.15, 0.2) is 18.2 Å². The van der Waals surface area contributed by atoms with Gasteiger partial charge in [0, 0.05) is 18.7 Å². The van der Waals surface area contributed by atoms with E-state index in [0.29, 0.717) is 30.2 Å². The number of carbonyl (C=O) groups is 1. The van der Waals surface area contributed by atoms with Crippen molar-refractivity contribution in [1.29, 1.82) is 10.5 Å². The fourth-order valence-corrected chi connectivity index (χ4v) is 3.56. The van der Waals surface area contributed by atoms with Gasteiger partial charge in [-0.15, -0.1) is 0 Å². The minimum atomic E-state index is -0.289. The van der Waals surface area contributed by atoms with E-state index in [1.807, 2.05) is 0 Å². The average Bonchev–Trinajstić information content (AvgIpc) is 3.34. The largest absolute Gasteiger partial charge is 0.493 e. The summed E-state index contributed by atoms with van der Waals surface area (Å²) in [5, 5.41) is 21.4. The summed E-state index contributed by atoms with van der Waals surface area (Å²) < 4.78 is 11.1. The van der Waals surface area contributed by atoms with Crippen LogP contribution >= 0.6 is 0 Å². The van der Waals surface area contributed by atoms with Crippen molar-refractivity contribution < 1.29 is 14.3 Å². The number of ether oxygens (including phenoxy) is 2. The van der Waals surface area contributed by atoms with E-state index in [0.717, 1.165) is 25.7 Å². The van der Waals surface area contributed by atoms with E-state index >= 15 is 0 Å². The Morgan fingerprint density at radius 2 is 2.15 bits per heavy atom. The van der Waals surface area contributed by atoms with Gasteiger partial charge in [0.2, 0.25) is 5.91 Å². The van der Waals surface area contributed by atoms with E-state index in [2.05, 4.69) is 17.5 Å². The summed E-state index contributed by atoms with van der Waals surface area (Å²) in [6, 6.07) is 8.84. The molecular weight excluding hydrogens is 332 g/mol. The number of nitrogens with zero attached hydrogens (tertiary/aromatic N) is 3. The lowest BCUT2D eigenvalue weighted by molar-refractivity contribution is -0.133. The molecule has 1 aromatic carbocycles. The van der Waals surface area contributed by atoms with Crippen LogP contribution in [0.4, 0.5) is 0 Å². The molecule has 0 spiro atoms. The van der Waals surface area contributed by atoms with Gasteiger partial charge in [-0.05, 0) is 37.8 Å². The molecule has 1 N–H and O–H groups in total. The zero-order chi connectivity index (χ0) is 18.5. The number of carbonyl (C=O) groups excluding carboxylic acids is 1. The zero-order valence-corrected chi connectivity index (χ0v) is 14.8. The molecule has 26 heavy (non-hydrogen) atoms. The molecule has 0 unspecified atom stereocenters. The molecule has 0 radical (unpaired) electrons. The Bertz CT molecular complexity index is 752. The van der Waals surface area contributed by atoms with Crippen molar-refractivity contribution in [2.24, 2.45) is 0 Å². The normalized spacial score (nSPS) is 24.7. The highest BCUT2D eigenvalue weighted by Crippen LogP contribution is 2.29. The lowest BCUT2D eigenvalue weighted by Crippen LogP contribution is -2.47. The maximum atomic E-state index is 12.6. The molecule has 0 aromatic heterocycles. The third-order valence-corrected chi connectivity index (χ3v) is 4.96. The molecule has 2 aliphatic heterocycles. The first-order valence-electron chi connectivity index (χ1n) is 8.83. The maximum absolute atomic E-state index is 12.6. The van der Waals surface area contributed by atoms with Gasteiger partial charge in [-0.25, -0.2) is 0 Å². The van der Waals surface area contributed by atoms with Crippen molar-refractivity contribution in [1.82, 2.24) is 10.2 Å². The molecule has 0 saturated carbocycles. The maximum Gasteiger partial charge on any atom is 0.240 e. The quantitative estimate of drug-likeness (QED) is 0.862. The van der Waals surface area contributed by atoms with E-state index in [1.165, 1.54) is 7.11 Å². The summed E-state index contributed by atoms with van der Waals surface area (Å²) in [5.41, 5.74) is 0.511. The summed E-state index contributed by atoms with van der Waals surface area (Å²) in [5.74, 6) is 1.11. The van der Waals surface area contributed by atoms with E-state index in [9.17, 15) is 4.79 Å². The van der Waals surface area contributed by atoms with E-state index in [-0.39, 0.29) is 24.0 Å². The van der Waals surface area contributed by atoms with Gasteiger partial charge in [-0.3, -0.25) is 10.1 Å². The summed E-state index contributed by atoms with van der Waals surface area (Å²) in [6.45, 7) is 1.08. The van der Waals surface area contributed by atoms with Gasteiger partial charge < -0.3 is 14.4 Å². The van der Waals surface area contributed by atoms with Gasteiger partial charge in [-0.2, -0.15) is 10.5 Å². The zero-order valence-electron chi connectivity index (χ0n) is 14.8. The van der Waals surface area contributed by atoms with Gasteiger partial charge in [-0.1, -0.05) is 0 Å². The van der Waals surface area contributed by atoms with Crippen LogP contribution in [0.2, 0.25) is 0 Å². The number of likely N-dealkylation sites (tertiary alicyclic amines) is 1. The second kappa shape index (κ2) is 8.07. The Morgan fingerprint density at radius 3 is 2.88 bits per heavy atom. The average molecular weight is 354 g/mol. The first-order valence-corrected chi connectivity index (χ1v) is 8.83. The molecule has 1 aromatic rings. The van der Waals surface area contributed by atoms with Gasteiger partial charge in [0.1, 0.15) is 12.6 Å². The van der Waals surface area contributed by atoms with Crippen molar-refractivity contribution in [3.63, 3.8) is 0 Å². The van der Waals surface area contributed by atoms with Gasteiger partial charge in [0.05, 0.1) is 30.9 Å². The third-order valence-electron chi connectivity index (χ3n) is 4.96. The molecule has 2 aliphatic rings. The predicted octanol–water partition coefficient (Wildman–Crippen LogP) is 1.58. The summed E-state index contributed by atoms with van der Waals surface area (Å²) in [6.07, 6.45) is 3.23. The van der Waals surface area contributed by atoms with E-state index in [4.69, 9.17) is 20.0 Å². The highest BCUT2D eigenvalue weighted by molar-refractivity contribution is 5.83. The lowest BCUT2D eigenvalue weighted by atomic mass is 10.1. The molecule has 7 heteroatoms. The highest BCUT2D eigenvalue weighted by Gasteiger charge is 2.37. The van der Waals surface area contributed by atoms with E-state index < -0.39 is 0 Å². The second-order valence-corrected chi connectivity index (χ2v) is 6.60. The summed E-state index contributed by atoms with van der Waals surface area (Å²) in [4.78, 5) is 14.3. The Labute approximate surface area is 153 Å². The SMILES string of the molecule is COc1cc(C#N)ccc1OC[C@H]1CC[C@@H](C(=O)N2CCC[C@H]2C#N)N1. The molecule has 7 nitrogen and oxygen atoms in total. The molecule has 2 heterocycles. The Hall–Kier alpha value is -2.77. The molecule has 2 fully saturated rings. The number of nitrogens with one attached hydrogen (secondary N) is 1. The smallest absolute Gasteiger partial charge is 0.240 e. The van der Waals surface area contributed by atoms with Crippen LogP contribution in [0.25, 0.3) is 0 Å². The summed E-state index contributed by atoms with van der Waals surface area (Å²) in [7, 11) is 1.54. The number of amides is 1. The molecule has 136 valence electrons. The number of benzene rings is 1. The molecule has 2 saturated heterocycles. The van der Waals surface area contributed by atoms with Gasteiger partial charge in [0.15, 0.2) is 11.5 Å². The number of methoxy groups -OCH3 is 1. The number of hydrogen-bond donors (Lipinski definition) is 1. The standard InChI is InChI=1S/C19H22N4O3/c1-25-18-9-13(10-20)4-7-17(18)26-12-14-5-6-16(22-14)19(24)23-8-2-3-15(23)11-21/h4,7,9,14-16,22H,2-3,5-6,8,12H2,1H3/t14-,15+,16+/m1/s1. The monoisotopic (exact) mass is 354 g/mol. The fraction of sp³-hybridized carbons (Fsp3) is 0.526. The van der Waals surface area contributed by atoms with Crippen molar-refractivity contribution in [2.45, 2.75) is 43.8 Å². The second-order valence-electron chi connectivity index (χ2n) is 6.60.